The predicted octanol–water partition coefficient (Wildman–Crippen LogP) is 1.09. The van der Waals surface area contributed by atoms with E-state index in [2.05, 4.69) is 0 Å². The number of carboxylic acids is 1. The molecule has 0 bridgehead atoms. The fourth-order valence-electron chi connectivity index (χ4n) is 0.604. The van der Waals surface area contributed by atoms with Gasteiger partial charge in [-0.3, -0.25) is 0 Å². The molecule has 0 aliphatic carbocycles. The van der Waals surface area contributed by atoms with Crippen molar-refractivity contribution in [2.24, 2.45) is 0 Å². The number of hydrogen-bond donors (Lipinski definition) is 3. The van der Waals surface area contributed by atoms with Gasteiger partial charge in [-0.05, 0) is 31.2 Å². The van der Waals surface area contributed by atoms with E-state index in [-0.39, 0.29) is 17.9 Å². The van der Waals surface area contributed by atoms with Crippen molar-refractivity contribution < 1.29 is 20.1 Å². The average molecular weight is 184 g/mol. The SMILES string of the molecule is CCO.O=C(O)c1ccc(O)cc1. The monoisotopic (exact) mass is 184 g/mol. The topological polar surface area (TPSA) is 77.8 Å². The van der Waals surface area contributed by atoms with Gasteiger partial charge >= 0.3 is 5.97 Å². The Morgan fingerprint density at radius 2 is 1.69 bits per heavy atom. The quantitative estimate of drug-likeness (QED) is 0.610. The van der Waals surface area contributed by atoms with Gasteiger partial charge in [0.25, 0.3) is 0 Å². The fraction of sp³-hybridized carbons (Fsp3) is 0.222. The van der Waals surface area contributed by atoms with Crippen LogP contribution in [0.2, 0.25) is 0 Å². The van der Waals surface area contributed by atoms with Crippen molar-refractivity contribution in [2.45, 2.75) is 6.92 Å². The van der Waals surface area contributed by atoms with Gasteiger partial charge in [0, 0.05) is 6.61 Å². The fourth-order valence-corrected chi connectivity index (χ4v) is 0.604. The lowest BCUT2D eigenvalue weighted by atomic mass is 10.2. The number of phenols is 1. The maximum Gasteiger partial charge on any atom is 0.335 e. The standard InChI is InChI=1S/C7H6O3.C2H6O/c8-6-3-1-5(2-4-6)7(9)10;1-2-3/h1-4,8H,(H,9,10);3H,2H2,1H3. The van der Waals surface area contributed by atoms with E-state index in [0.717, 1.165) is 0 Å². The van der Waals surface area contributed by atoms with Gasteiger partial charge in [-0.25, -0.2) is 4.79 Å². The third kappa shape index (κ3) is 4.81. The van der Waals surface area contributed by atoms with Crippen LogP contribution in [0, 0.1) is 0 Å². The number of aromatic carboxylic acids is 1. The van der Waals surface area contributed by atoms with Crippen molar-refractivity contribution in [3.05, 3.63) is 29.8 Å². The summed E-state index contributed by atoms with van der Waals surface area (Å²) in [5, 5.41) is 24.7. The molecule has 4 heteroatoms. The molecule has 0 atom stereocenters. The lowest BCUT2D eigenvalue weighted by Gasteiger charge is -1.92. The second-order valence-electron chi connectivity index (χ2n) is 2.17. The van der Waals surface area contributed by atoms with Gasteiger partial charge in [-0.1, -0.05) is 0 Å². The predicted molar refractivity (Wildman–Crippen MR) is 47.8 cm³/mol. The first-order valence-electron chi connectivity index (χ1n) is 3.75. The van der Waals surface area contributed by atoms with E-state index in [1.54, 1.807) is 6.92 Å². The maximum absolute atomic E-state index is 10.2. The summed E-state index contributed by atoms with van der Waals surface area (Å²) < 4.78 is 0. The van der Waals surface area contributed by atoms with Crippen LogP contribution in [0.25, 0.3) is 0 Å². The zero-order valence-corrected chi connectivity index (χ0v) is 7.27. The number of carboxylic acid groups (broad SMARTS) is 1. The summed E-state index contributed by atoms with van der Waals surface area (Å²) in [5.74, 6) is -0.912. The number of rotatable bonds is 1. The van der Waals surface area contributed by atoms with Crippen molar-refractivity contribution >= 4 is 5.97 Å². The molecule has 1 aromatic rings. The van der Waals surface area contributed by atoms with Crippen LogP contribution < -0.4 is 0 Å². The molecule has 0 radical (unpaired) electrons. The molecule has 3 N–H and O–H groups in total. The molecule has 0 aromatic heterocycles. The lowest BCUT2D eigenvalue weighted by Crippen LogP contribution is -1.93. The van der Waals surface area contributed by atoms with E-state index in [1.807, 2.05) is 0 Å². The van der Waals surface area contributed by atoms with Crippen LogP contribution in [-0.4, -0.2) is 27.9 Å². The van der Waals surface area contributed by atoms with Crippen molar-refractivity contribution in [1.29, 1.82) is 0 Å². The molecule has 0 saturated heterocycles. The Kier molecular flexibility index (Phi) is 5.30. The van der Waals surface area contributed by atoms with Gasteiger partial charge < -0.3 is 15.3 Å². The molecule has 0 spiro atoms. The number of phenolic OH excluding ortho intramolecular Hbond substituents is 1. The van der Waals surface area contributed by atoms with Crippen molar-refractivity contribution in [1.82, 2.24) is 0 Å². The summed E-state index contributed by atoms with van der Waals surface area (Å²) in [7, 11) is 0. The highest BCUT2D eigenvalue weighted by Gasteiger charge is 1.99. The summed E-state index contributed by atoms with van der Waals surface area (Å²) in [6, 6.07) is 5.36. The normalized spacial score (nSPS) is 8.46. The molecule has 1 aromatic carbocycles. The molecule has 0 aliphatic heterocycles. The maximum atomic E-state index is 10.2. The first kappa shape index (κ1) is 11.4. The molecular formula is C9H12O4. The third-order valence-corrected chi connectivity index (χ3v) is 1.11. The molecule has 0 heterocycles. The number of aromatic hydroxyl groups is 1. The van der Waals surface area contributed by atoms with Gasteiger partial charge in [0.15, 0.2) is 0 Å². The highest BCUT2D eigenvalue weighted by atomic mass is 16.4. The second-order valence-corrected chi connectivity index (χ2v) is 2.17. The molecule has 0 aliphatic rings. The molecular weight excluding hydrogens is 172 g/mol. The van der Waals surface area contributed by atoms with Crippen molar-refractivity contribution in [3.8, 4) is 5.75 Å². The Bertz CT molecular complexity index is 253. The second kappa shape index (κ2) is 6.02. The van der Waals surface area contributed by atoms with Gasteiger partial charge in [-0.15, -0.1) is 0 Å². The Morgan fingerprint density at radius 3 is 2.00 bits per heavy atom. The third-order valence-electron chi connectivity index (χ3n) is 1.11. The van der Waals surface area contributed by atoms with Crippen LogP contribution in [0.3, 0.4) is 0 Å². The number of aliphatic hydroxyl groups excluding tert-OH is 1. The van der Waals surface area contributed by atoms with Gasteiger partial charge in [0.2, 0.25) is 0 Å². The summed E-state index contributed by atoms with van der Waals surface area (Å²) in [6.45, 7) is 1.93. The molecule has 4 nitrogen and oxygen atoms in total. The number of aliphatic hydroxyl groups is 1. The van der Waals surface area contributed by atoms with Crippen LogP contribution in [0.4, 0.5) is 0 Å². The van der Waals surface area contributed by atoms with E-state index in [0.29, 0.717) is 0 Å². The van der Waals surface area contributed by atoms with E-state index in [4.69, 9.17) is 15.3 Å². The molecule has 0 unspecified atom stereocenters. The van der Waals surface area contributed by atoms with Gasteiger partial charge in [0.1, 0.15) is 5.75 Å². The largest absolute Gasteiger partial charge is 0.508 e. The minimum absolute atomic E-state index is 0.0741. The van der Waals surface area contributed by atoms with Gasteiger partial charge in [-0.2, -0.15) is 0 Å². The average Bonchev–Trinajstić information content (AvgIpc) is 2.06. The zero-order valence-electron chi connectivity index (χ0n) is 7.27. The smallest absolute Gasteiger partial charge is 0.335 e. The van der Waals surface area contributed by atoms with E-state index < -0.39 is 5.97 Å². The first-order chi connectivity index (χ1) is 6.11. The Balaban J connectivity index is 0.000000424. The van der Waals surface area contributed by atoms with Crippen LogP contribution >= 0.6 is 0 Å². The summed E-state index contributed by atoms with van der Waals surface area (Å²) in [5.41, 5.74) is 0.179. The van der Waals surface area contributed by atoms with E-state index >= 15 is 0 Å². The zero-order chi connectivity index (χ0) is 10.3. The van der Waals surface area contributed by atoms with Crippen LogP contribution in [0.15, 0.2) is 24.3 Å². The molecule has 0 amide bonds. The first-order valence-corrected chi connectivity index (χ1v) is 3.75. The van der Waals surface area contributed by atoms with E-state index in [1.165, 1.54) is 24.3 Å². The number of benzene rings is 1. The Hall–Kier alpha value is -1.55. The number of hydrogen-bond acceptors (Lipinski definition) is 3. The highest BCUT2D eigenvalue weighted by Crippen LogP contribution is 2.08. The van der Waals surface area contributed by atoms with Crippen LogP contribution in [0.5, 0.6) is 5.75 Å². The van der Waals surface area contributed by atoms with Crippen LogP contribution in [0.1, 0.15) is 17.3 Å². The summed E-state index contributed by atoms with van der Waals surface area (Å²) in [6.07, 6.45) is 0. The summed E-state index contributed by atoms with van der Waals surface area (Å²) in [4.78, 5) is 10.2. The molecule has 0 fully saturated rings. The Labute approximate surface area is 76.1 Å². The van der Waals surface area contributed by atoms with Gasteiger partial charge in [0.05, 0.1) is 5.56 Å². The van der Waals surface area contributed by atoms with E-state index in [9.17, 15) is 4.79 Å². The lowest BCUT2D eigenvalue weighted by molar-refractivity contribution is 0.0697. The highest BCUT2D eigenvalue weighted by molar-refractivity contribution is 5.87. The number of carbonyl (C=O) groups is 1. The minimum Gasteiger partial charge on any atom is -0.508 e. The molecule has 72 valence electrons. The molecule has 13 heavy (non-hydrogen) atoms. The molecule has 1 rings (SSSR count). The Morgan fingerprint density at radius 1 is 1.31 bits per heavy atom. The van der Waals surface area contributed by atoms with Crippen molar-refractivity contribution in [2.75, 3.05) is 6.61 Å². The molecule has 0 saturated carbocycles. The van der Waals surface area contributed by atoms with Crippen molar-refractivity contribution in [3.63, 3.8) is 0 Å². The summed E-state index contributed by atoms with van der Waals surface area (Å²) >= 11 is 0. The van der Waals surface area contributed by atoms with Crippen LogP contribution in [-0.2, 0) is 0 Å². The minimum atomic E-state index is -0.986.